The second-order valence-corrected chi connectivity index (χ2v) is 7.10. The van der Waals surface area contributed by atoms with E-state index in [1.807, 2.05) is 14.0 Å². The maximum atomic E-state index is 13.4. The fourth-order valence-corrected chi connectivity index (χ4v) is 4.56. The molecule has 0 aromatic heterocycles. The number of likely N-dealkylation sites (tertiary alicyclic amines) is 1. The number of aliphatic hydroxyl groups excluding tert-OH is 1. The van der Waals surface area contributed by atoms with Gasteiger partial charge in [-0.1, -0.05) is 6.92 Å². The van der Waals surface area contributed by atoms with Crippen LogP contribution in [0, 0.1) is 11.7 Å². The number of nitrogens with zero attached hydrogens (tertiary/aromatic N) is 3. The smallest absolute Gasteiger partial charge is 0.407 e. The van der Waals surface area contributed by atoms with Crippen molar-refractivity contribution in [1.82, 2.24) is 14.3 Å². The maximum absolute atomic E-state index is 13.4. The number of likely N-dealkylation sites (N-methyl/N-ethyl adjacent to an activating group) is 1. The largest absolute Gasteiger partial charge is 0.465 e. The topological polar surface area (TPSA) is 81.1 Å². The van der Waals surface area contributed by atoms with E-state index in [1.165, 1.54) is 21.9 Å². The van der Waals surface area contributed by atoms with Crippen molar-refractivity contribution < 1.29 is 24.2 Å². The number of hydrogen-bond acceptors (Lipinski definition) is 3. The molecule has 3 atom stereocenters. The molecule has 1 aromatic rings. The second kappa shape index (κ2) is 5.96. The number of benzene rings is 1. The Labute approximate surface area is 145 Å². The molecule has 2 saturated heterocycles. The summed E-state index contributed by atoms with van der Waals surface area (Å²) in [7, 11) is 1.90. The molecule has 3 rings (SSSR count). The summed E-state index contributed by atoms with van der Waals surface area (Å²) >= 11 is 0. The summed E-state index contributed by atoms with van der Waals surface area (Å²) in [6, 6.07) is 6.02. The molecule has 2 aliphatic heterocycles. The van der Waals surface area contributed by atoms with E-state index in [2.05, 4.69) is 0 Å². The van der Waals surface area contributed by atoms with Crippen LogP contribution in [0.4, 0.5) is 14.9 Å². The van der Waals surface area contributed by atoms with Crippen LogP contribution in [0.3, 0.4) is 0 Å². The molecule has 0 saturated carbocycles. The summed E-state index contributed by atoms with van der Waals surface area (Å²) in [4.78, 5) is 27.2. The number of aliphatic hydroxyl groups is 1. The Balaban J connectivity index is 2.08. The minimum absolute atomic E-state index is 0.181. The molecule has 1 spiro atoms. The van der Waals surface area contributed by atoms with Gasteiger partial charge in [-0.25, -0.2) is 9.18 Å². The van der Waals surface area contributed by atoms with Gasteiger partial charge in [0.1, 0.15) is 18.2 Å². The van der Waals surface area contributed by atoms with Gasteiger partial charge in [0.15, 0.2) is 12.2 Å². The molecule has 7 nitrogen and oxygen atoms in total. The van der Waals surface area contributed by atoms with Crippen LogP contribution >= 0.6 is 0 Å². The average molecular weight is 352 g/mol. The lowest BCUT2D eigenvalue weighted by Gasteiger charge is -2.50. The Morgan fingerprint density at radius 3 is 2.56 bits per heavy atom. The highest BCUT2D eigenvalue weighted by Gasteiger charge is 2.67. The van der Waals surface area contributed by atoms with E-state index in [4.69, 9.17) is 0 Å². The molecule has 0 radical (unpaired) electrons. The molecule has 3 unspecified atom stereocenters. The van der Waals surface area contributed by atoms with Gasteiger partial charge in [0.25, 0.3) is 5.91 Å². The molecular formula is C17H23FN3O4+. The van der Waals surface area contributed by atoms with E-state index in [-0.39, 0.29) is 41.9 Å². The molecule has 2 fully saturated rings. The van der Waals surface area contributed by atoms with Crippen molar-refractivity contribution in [2.75, 3.05) is 33.5 Å². The Morgan fingerprint density at radius 1 is 1.40 bits per heavy atom. The van der Waals surface area contributed by atoms with Gasteiger partial charge >= 0.3 is 6.09 Å². The van der Waals surface area contributed by atoms with Crippen LogP contribution in [-0.4, -0.2) is 71.1 Å². The maximum Gasteiger partial charge on any atom is 0.407 e. The first-order valence-electron chi connectivity index (χ1n) is 8.26. The van der Waals surface area contributed by atoms with Crippen molar-refractivity contribution in [2.45, 2.75) is 18.9 Å². The molecule has 25 heavy (non-hydrogen) atoms. The van der Waals surface area contributed by atoms with Crippen molar-refractivity contribution >= 4 is 17.7 Å². The van der Waals surface area contributed by atoms with Gasteiger partial charge < -0.3 is 15.1 Å². The number of carbonyl (C=O) groups is 2. The molecule has 2 heterocycles. The van der Waals surface area contributed by atoms with Crippen LogP contribution in [0.15, 0.2) is 24.3 Å². The van der Waals surface area contributed by atoms with E-state index in [0.29, 0.717) is 6.42 Å². The lowest BCUT2D eigenvalue weighted by Crippen LogP contribution is -2.70. The van der Waals surface area contributed by atoms with E-state index in [0.717, 1.165) is 5.69 Å². The Morgan fingerprint density at radius 2 is 2.04 bits per heavy atom. The lowest BCUT2D eigenvalue weighted by atomic mass is 9.75. The van der Waals surface area contributed by atoms with Gasteiger partial charge in [0.05, 0.1) is 7.05 Å². The first-order chi connectivity index (χ1) is 11.8. The molecule has 0 bridgehead atoms. The molecule has 8 heteroatoms. The minimum atomic E-state index is -0.998. The molecule has 136 valence electrons. The first kappa shape index (κ1) is 17.6. The predicted octanol–water partition coefficient (Wildman–Crippen LogP) is 1.27. The van der Waals surface area contributed by atoms with Gasteiger partial charge in [0.2, 0.25) is 0 Å². The van der Waals surface area contributed by atoms with E-state index < -0.39 is 18.4 Å². The Kier molecular flexibility index (Phi) is 4.20. The zero-order valence-electron chi connectivity index (χ0n) is 14.4. The Bertz CT molecular complexity index is 698. The van der Waals surface area contributed by atoms with Crippen LogP contribution in [0.25, 0.3) is 0 Å². The summed E-state index contributed by atoms with van der Waals surface area (Å²) < 4.78 is 13.6. The third kappa shape index (κ3) is 2.39. The van der Waals surface area contributed by atoms with Crippen molar-refractivity contribution in [2.24, 2.45) is 5.92 Å². The lowest BCUT2D eigenvalue weighted by molar-refractivity contribution is -0.140. The van der Waals surface area contributed by atoms with Crippen molar-refractivity contribution in [3.8, 4) is 0 Å². The fourth-order valence-electron chi connectivity index (χ4n) is 4.56. The summed E-state index contributed by atoms with van der Waals surface area (Å²) in [6.07, 6.45) is -0.647. The zero-order valence-corrected chi connectivity index (χ0v) is 14.4. The van der Waals surface area contributed by atoms with E-state index in [1.54, 1.807) is 12.1 Å². The molecule has 1 aromatic carbocycles. The van der Waals surface area contributed by atoms with E-state index >= 15 is 0 Å². The number of piperidine rings is 1. The molecule has 2 amide bonds. The van der Waals surface area contributed by atoms with Gasteiger partial charge in [-0.05, 0) is 12.1 Å². The van der Waals surface area contributed by atoms with Crippen LogP contribution in [0.5, 0.6) is 0 Å². The highest BCUT2D eigenvalue weighted by molar-refractivity contribution is 5.92. The quantitative estimate of drug-likeness (QED) is 0.786. The monoisotopic (exact) mass is 352 g/mol. The molecule has 0 aliphatic carbocycles. The SMILES string of the molecule is CC1CN(C(=O)O)CCC12C(=O)N(CO)C[N+]2(C)c1ccc(F)cc1. The third-order valence-corrected chi connectivity index (χ3v) is 5.90. The summed E-state index contributed by atoms with van der Waals surface area (Å²) in [5, 5.41) is 18.9. The summed E-state index contributed by atoms with van der Waals surface area (Å²) in [6.45, 7) is 2.23. The first-order valence-corrected chi connectivity index (χ1v) is 8.26. The number of carboxylic acid groups (broad SMARTS) is 1. The average Bonchev–Trinajstić information content (AvgIpc) is 2.80. The molecule has 2 aliphatic rings. The predicted molar refractivity (Wildman–Crippen MR) is 89.0 cm³/mol. The van der Waals surface area contributed by atoms with Gasteiger partial charge in [0, 0.05) is 37.6 Å². The number of hydrogen-bond donors (Lipinski definition) is 2. The van der Waals surface area contributed by atoms with Gasteiger partial charge in [-0.2, -0.15) is 0 Å². The van der Waals surface area contributed by atoms with Crippen molar-refractivity contribution in [3.63, 3.8) is 0 Å². The van der Waals surface area contributed by atoms with Crippen LogP contribution in [0.2, 0.25) is 0 Å². The van der Waals surface area contributed by atoms with Crippen molar-refractivity contribution in [1.29, 1.82) is 0 Å². The number of rotatable bonds is 2. The van der Waals surface area contributed by atoms with Crippen LogP contribution < -0.4 is 4.48 Å². The highest BCUT2D eigenvalue weighted by Crippen LogP contribution is 2.47. The number of carbonyl (C=O) groups excluding carboxylic acids is 1. The fraction of sp³-hybridized carbons (Fsp3) is 0.529. The normalized spacial score (nSPS) is 32.5. The highest BCUT2D eigenvalue weighted by atomic mass is 19.1. The standard InChI is InChI=1S/C17H22FN3O4/c1-12-9-19(16(24)25)8-7-17(12)15(23)20(11-22)10-21(17,2)14-5-3-13(18)4-6-14/h3-6,12,22H,7-11H2,1-2H3/p+1. The molecular weight excluding hydrogens is 329 g/mol. The number of quaternary nitrogens is 1. The van der Waals surface area contributed by atoms with Crippen LogP contribution in [0.1, 0.15) is 13.3 Å². The minimum Gasteiger partial charge on any atom is -0.465 e. The van der Waals surface area contributed by atoms with Crippen LogP contribution in [-0.2, 0) is 4.79 Å². The third-order valence-electron chi connectivity index (χ3n) is 5.90. The number of halogens is 1. The Hall–Kier alpha value is -2.19. The second-order valence-electron chi connectivity index (χ2n) is 7.10. The van der Waals surface area contributed by atoms with E-state index in [9.17, 15) is 24.2 Å². The molecule has 2 N–H and O–H groups in total. The van der Waals surface area contributed by atoms with Crippen molar-refractivity contribution in [3.05, 3.63) is 30.1 Å². The van der Waals surface area contributed by atoms with Gasteiger partial charge in [-0.15, -0.1) is 0 Å². The summed E-state index contributed by atoms with van der Waals surface area (Å²) in [5.74, 6) is -0.793. The number of amides is 2. The van der Waals surface area contributed by atoms with Gasteiger partial charge in [-0.3, -0.25) is 14.2 Å². The zero-order chi connectivity index (χ0) is 18.4. The summed E-state index contributed by atoms with van der Waals surface area (Å²) in [5.41, 5.74) is -0.117.